The smallest absolute Gasteiger partial charge is 0.244 e. The number of rotatable bonds is 12. The molecule has 10 heteroatoms. The van der Waals surface area contributed by atoms with E-state index in [4.69, 9.17) is 4.74 Å². The molecule has 8 nitrogen and oxygen atoms in total. The number of hydrogen-bond donors (Lipinski definition) is 1. The Labute approximate surface area is 242 Å². The van der Waals surface area contributed by atoms with Gasteiger partial charge in [-0.2, -0.15) is 0 Å². The van der Waals surface area contributed by atoms with Crippen molar-refractivity contribution in [1.82, 2.24) is 10.2 Å². The number of anilines is 1. The number of carbonyl (C=O) groups is 2. The van der Waals surface area contributed by atoms with Gasteiger partial charge in [-0.25, -0.2) is 12.8 Å². The van der Waals surface area contributed by atoms with Gasteiger partial charge in [-0.3, -0.25) is 13.9 Å². The molecule has 0 heterocycles. The molecule has 0 aliphatic heterocycles. The lowest BCUT2D eigenvalue weighted by Crippen LogP contribution is -2.55. The minimum Gasteiger partial charge on any atom is -0.489 e. The van der Waals surface area contributed by atoms with Gasteiger partial charge in [0.05, 0.1) is 11.9 Å². The van der Waals surface area contributed by atoms with Gasteiger partial charge in [0.2, 0.25) is 21.8 Å². The molecule has 1 atom stereocenters. The number of halogens is 1. The quantitative estimate of drug-likeness (QED) is 0.328. The van der Waals surface area contributed by atoms with Gasteiger partial charge >= 0.3 is 0 Å². The molecule has 3 aromatic rings. The van der Waals surface area contributed by atoms with Gasteiger partial charge in [-0.15, -0.1) is 0 Å². The Bertz CT molecular complexity index is 1410. The largest absolute Gasteiger partial charge is 0.489 e. The second-order valence-electron chi connectivity index (χ2n) is 10.8. The summed E-state index contributed by atoms with van der Waals surface area (Å²) in [4.78, 5) is 28.4. The number of ether oxygens (including phenoxy) is 1. The van der Waals surface area contributed by atoms with Crippen LogP contribution < -0.4 is 14.4 Å². The highest BCUT2D eigenvalue weighted by Crippen LogP contribution is 2.24. The lowest BCUT2D eigenvalue weighted by atomic mass is 10.1. The molecular weight excluding hydrogens is 545 g/mol. The summed E-state index contributed by atoms with van der Waals surface area (Å²) in [6.07, 6.45) is 1.31. The van der Waals surface area contributed by atoms with E-state index in [1.54, 1.807) is 31.2 Å². The van der Waals surface area contributed by atoms with E-state index >= 15 is 0 Å². The van der Waals surface area contributed by atoms with Crippen LogP contribution in [0.25, 0.3) is 0 Å². The molecule has 0 spiro atoms. The number of amides is 2. The lowest BCUT2D eigenvalue weighted by molar-refractivity contribution is -0.141. The van der Waals surface area contributed by atoms with Crippen LogP contribution in [0.1, 0.15) is 45.2 Å². The number of nitrogens with zero attached hydrogens (tertiary/aromatic N) is 2. The van der Waals surface area contributed by atoms with Crippen molar-refractivity contribution in [3.8, 4) is 5.75 Å². The van der Waals surface area contributed by atoms with E-state index in [1.807, 2.05) is 51.1 Å². The van der Waals surface area contributed by atoms with Gasteiger partial charge in [0.1, 0.15) is 30.8 Å². The molecule has 0 aliphatic rings. The molecular formula is C31H38FN3O5S. The molecule has 3 rings (SSSR count). The number of hydrogen-bond acceptors (Lipinski definition) is 5. The Morgan fingerprint density at radius 2 is 1.54 bits per heavy atom. The van der Waals surface area contributed by atoms with Crippen LogP contribution in [0.3, 0.4) is 0 Å². The first-order chi connectivity index (χ1) is 19.3. The molecule has 1 N–H and O–H groups in total. The second kappa shape index (κ2) is 13.6. The zero-order chi connectivity index (χ0) is 30.2. The van der Waals surface area contributed by atoms with E-state index < -0.39 is 39.9 Å². The third-order valence-corrected chi connectivity index (χ3v) is 7.34. The predicted molar refractivity (Wildman–Crippen MR) is 158 cm³/mol. The van der Waals surface area contributed by atoms with Crippen LogP contribution >= 0.6 is 0 Å². The Morgan fingerprint density at radius 1 is 0.927 bits per heavy atom. The molecule has 3 aromatic carbocycles. The van der Waals surface area contributed by atoms with E-state index in [-0.39, 0.29) is 18.1 Å². The fraction of sp³-hybridized carbons (Fsp3) is 0.355. The van der Waals surface area contributed by atoms with Gasteiger partial charge in [-0.05, 0) is 74.7 Å². The normalized spacial score (nSPS) is 12.3. The summed E-state index contributed by atoms with van der Waals surface area (Å²) in [5.74, 6) is -0.815. The number of benzene rings is 3. The Balaban J connectivity index is 1.86. The van der Waals surface area contributed by atoms with Crippen LogP contribution in [0.2, 0.25) is 0 Å². The van der Waals surface area contributed by atoms with E-state index in [1.165, 1.54) is 29.2 Å². The van der Waals surface area contributed by atoms with Crippen molar-refractivity contribution in [2.24, 2.45) is 0 Å². The fourth-order valence-corrected chi connectivity index (χ4v) is 5.07. The fourth-order valence-electron chi connectivity index (χ4n) is 4.22. The second-order valence-corrected chi connectivity index (χ2v) is 12.8. The summed E-state index contributed by atoms with van der Waals surface area (Å²) in [6.45, 7) is 7.11. The van der Waals surface area contributed by atoms with Crippen molar-refractivity contribution in [2.45, 2.75) is 58.8 Å². The minimum atomic E-state index is -3.88. The van der Waals surface area contributed by atoms with Crippen molar-refractivity contribution >= 4 is 27.5 Å². The standard InChI is InChI=1S/C31H38FN3O5S/c1-6-28(30(37)33-31(2,3)4)34(20-23-12-14-25(32)15-13-23)29(36)21-35(41(5,38)39)26-16-18-27(19-17-26)40-22-24-10-8-7-9-11-24/h7-19,28H,6,20-22H2,1-5H3,(H,33,37)/t28-/m1/s1. The van der Waals surface area contributed by atoms with E-state index in [9.17, 15) is 22.4 Å². The zero-order valence-corrected chi connectivity index (χ0v) is 24.9. The Morgan fingerprint density at radius 3 is 2.07 bits per heavy atom. The molecule has 220 valence electrons. The van der Waals surface area contributed by atoms with Gasteiger partial charge in [-0.1, -0.05) is 49.4 Å². The summed E-state index contributed by atoms with van der Waals surface area (Å²) >= 11 is 0. The summed E-state index contributed by atoms with van der Waals surface area (Å²) in [5, 5.41) is 2.91. The summed E-state index contributed by atoms with van der Waals surface area (Å²) < 4.78 is 46.0. The molecule has 0 aromatic heterocycles. The van der Waals surface area contributed by atoms with Crippen molar-refractivity contribution in [3.63, 3.8) is 0 Å². The SMILES string of the molecule is CC[C@H](C(=O)NC(C)(C)C)N(Cc1ccc(F)cc1)C(=O)CN(c1ccc(OCc2ccccc2)cc1)S(C)(=O)=O. The Hall–Kier alpha value is -3.92. The van der Waals surface area contributed by atoms with E-state index in [0.29, 0.717) is 24.3 Å². The van der Waals surface area contributed by atoms with Crippen LogP contribution in [0.5, 0.6) is 5.75 Å². The van der Waals surface area contributed by atoms with Crippen LogP contribution in [0.4, 0.5) is 10.1 Å². The molecule has 0 saturated heterocycles. The highest BCUT2D eigenvalue weighted by atomic mass is 32.2. The number of sulfonamides is 1. The van der Waals surface area contributed by atoms with Gasteiger partial charge in [0.15, 0.2) is 0 Å². The summed E-state index contributed by atoms with van der Waals surface area (Å²) in [5.41, 5.74) is 1.33. The highest BCUT2D eigenvalue weighted by Gasteiger charge is 2.33. The van der Waals surface area contributed by atoms with Crippen molar-refractivity contribution in [3.05, 3.63) is 95.8 Å². The molecule has 0 saturated carbocycles. The van der Waals surface area contributed by atoms with Crippen molar-refractivity contribution in [2.75, 3.05) is 17.1 Å². The molecule has 2 amide bonds. The number of nitrogens with one attached hydrogen (secondary N) is 1. The minimum absolute atomic E-state index is 0.000944. The first-order valence-electron chi connectivity index (χ1n) is 13.4. The van der Waals surface area contributed by atoms with Gasteiger partial charge < -0.3 is 15.0 Å². The molecule has 41 heavy (non-hydrogen) atoms. The first kappa shape index (κ1) is 31.6. The molecule has 0 aliphatic carbocycles. The van der Waals surface area contributed by atoms with Gasteiger partial charge in [0, 0.05) is 12.1 Å². The molecule has 0 bridgehead atoms. The number of carbonyl (C=O) groups excluding carboxylic acids is 2. The average Bonchev–Trinajstić information content (AvgIpc) is 2.91. The third kappa shape index (κ3) is 9.60. The van der Waals surface area contributed by atoms with Crippen molar-refractivity contribution in [1.29, 1.82) is 0 Å². The zero-order valence-electron chi connectivity index (χ0n) is 24.1. The topological polar surface area (TPSA) is 96.0 Å². The van der Waals surface area contributed by atoms with Gasteiger partial charge in [0.25, 0.3) is 0 Å². The van der Waals surface area contributed by atoms with Crippen LogP contribution in [0.15, 0.2) is 78.9 Å². The monoisotopic (exact) mass is 583 g/mol. The maximum atomic E-state index is 13.8. The van der Waals surface area contributed by atoms with Crippen molar-refractivity contribution < 1.29 is 27.1 Å². The first-order valence-corrected chi connectivity index (χ1v) is 15.2. The maximum absolute atomic E-state index is 13.8. The van der Waals surface area contributed by atoms with Crippen LogP contribution in [0, 0.1) is 5.82 Å². The van der Waals surface area contributed by atoms with Crippen LogP contribution in [-0.2, 0) is 32.8 Å². The molecule has 0 fully saturated rings. The summed E-state index contributed by atoms with van der Waals surface area (Å²) in [7, 11) is -3.88. The van der Waals surface area contributed by atoms with Crippen LogP contribution in [-0.4, -0.2) is 49.5 Å². The lowest BCUT2D eigenvalue weighted by Gasteiger charge is -2.34. The third-order valence-electron chi connectivity index (χ3n) is 6.20. The van der Waals surface area contributed by atoms with E-state index in [2.05, 4.69) is 5.32 Å². The predicted octanol–water partition coefficient (Wildman–Crippen LogP) is 4.89. The maximum Gasteiger partial charge on any atom is 0.244 e. The van der Waals surface area contributed by atoms with E-state index in [0.717, 1.165) is 16.1 Å². The average molecular weight is 584 g/mol. The summed E-state index contributed by atoms with van der Waals surface area (Å²) in [6, 6.07) is 20.8. The molecule has 0 radical (unpaired) electrons. The molecule has 0 unspecified atom stereocenters. The highest BCUT2D eigenvalue weighted by molar-refractivity contribution is 7.92. The Kier molecular flexibility index (Phi) is 10.5.